The summed E-state index contributed by atoms with van der Waals surface area (Å²) in [4.78, 5) is 29.1. The van der Waals surface area contributed by atoms with Crippen molar-refractivity contribution in [2.75, 3.05) is 19.8 Å². The zero-order chi connectivity index (χ0) is 22.3. The van der Waals surface area contributed by atoms with Crippen molar-refractivity contribution in [1.82, 2.24) is 25.3 Å². The number of rotatable bonds is 9. The second kappa shape index (κ2) is 9.92. The van der Waals surface area contributed by atoms with E-state index in [0.29, 0.717) is 35.4 Å². The van der Waals surface area contributed by atoms with E-state index in [0.717, 1.165) is 0 Å². The van der Waals surface area contributed by atoms with Crippen LogP contribution in [0.2, 0.25) is 0 Å². The number of aliphatic hydroxyl groups is 2. The smallest absolute Gasteiger partial charge is 0.262 e. The number of nitrogens with one attached hydrogen (secondary N) is 1. The molecule has 0 aliphatic carbocycles. The normalized spacial score (nSPS) is 11.1. The molecule has 0 bridgehead atoms. The van der Waals surface area contributed by atoms with Crippen molar-refractivity contribution in [3.05, 3.63) is 54.7 Å². The summed E-state index contributed by atoms with van der Waals surface area (Å²) < 4.78 is 11.3. The monoisotopic (exact) mass is 425 g/mol. The molecule has 162 valence electrons. The maximum absolute atomic E-state index is 12.3. The summed E-state index contributed by atoms with van der Waals surface area (Å²) in [7, 11) is 0. The summed E-state index contributed by atoms with van der Waals surface area (Å²) in [6, 6.07) is 5.21. The molecule has 10 nitrogen and oxygen atoms in total. The van der Waals surface area contributed by atoms with Crippen LogP contribution in [-0.2, 0) is 0 Å². The molecule has 31 heavy (non-hydrogen) atoms. The molecular weight excluding hydrogens is 402 g/mol. The number of carbonyl (C=O) groups is 1. The van der Waals surface area contributed by atoms with Gasteiger partial charge in [0.25, 0.3) is 11.8 Å². The van der Waals surface area contributed by atoms with Gasteiger partial charge < -0.3 is 25.0 Å². The van der Waals surface area contributed by atoms with Gasteiger partial charge in [-0.1, -0.05) is 0 Å². The van der Waals surface area contributed by atoms with Crippen molar-refractivity contribution in [1.29, 1.82) is 0 Å². The first-order valence-corrected chi connectivity index (χ1v) is 9.55. The highest BCUT2D eigenvalue weighted by Crippen LogP contribution is 2.30. The van der Waals surface area contributed by atoms with Crippen LogP contribution in [0.1, 0.15) is 24.2 Å². The molecular formula is C21H23N5O5. The Hall–Kier alpha value is -3.63. The van der Waals surface area contributed by atoms with Gasteiger partial charge in [0.15, 0.2) is 11.6 Å². The molecule has 0 fully saturated rings. The van der Waals surface area contributed by atoms with Crippen LogP contribution in [0.4, 0.5) is 0 Å². The van der Waals surface area contributed by atoms with Gasteiger partial charge in [0.2, 0.25) is 0 Å². The molecule has 10 heteroatoms. The molecule has 3 aromatic heterocycles. The molecule has 0 radical (unpaired) electrons. The highest BCUT2D eigenvalue weighted by Gasteiger charge is 2.25. The van der Waals surface area contributed by atoms with E-state index < -0.39 is 24.7 Å². The Morgan fingerprint density at radius 2 is 1.87 bits per heavy atom. The Kier molecular flexibility index (Phi) is 7.06. The maximum Gasteiger partial charge on any atom is 0.262 e. The van der Waals surface area contributed by atoms with Crippen LogP contribution >= 0.6 is 0 Å². The lowest BCUT2D eigenvalue weighted by atomic mass is 10.1. The molecule has 0 unspecified atom stereocenters. The zero-order valence-corrected chi connectivity index (χ0v) is 17.1. The molecule has 1 amide bonds. The lowest BCUT2D eigenvalue weighted by Gasteiger charge is -2.25. The predicted molar refractivity (Wildman–Crippen MR) is 111 cm³/mol. The largest absolute Gasteiger partial charge is 0.488 e. The minimum absolute atomic E-state index is 0.187. The van der Waals surface area contributed by atoms with Crippen LogP contribution in [0, 0.1) is 0 Å². The molecule has 0 saturated carbocycles. The number of aromatic nitrogens is 4. The van der Waals surface area contributed by atoms with Crippen molar-refractivity contribution in [3.63, 3.8) is 0 Å². The highest BCUT2D eigenvalue weighted by atomic mass is 16.5. The van der Waals surface area contributed by atoms with E-state index in [-0.39, 0.29) is 5.56 Å². The Balaban J connectivity index is 1.76. The predicted octanol–water partition coefficient (Wildman–Crippen LogP) is 1.60. The summed E-state index contributed by atoms with van der Waals surface area (Å²) in [5.74, 6) is 1.08. The maximum atomic E-state index is 12.3. The highest BCUT2D eigenvalue weighted by molar-refractivity contribution is 5.94. The van der Waals surface area contributed by atoms with Gasteiger partial charge >= 0.3 is 0 Å². The van der Waals surface area contributed by atoms with Gasteiger partial charge in [-0.2, -0.15) is 0 Å². The minimum atomic E-state index is -1.14. The lowest BCUT2D eigenvalue weighted by Crippen LogP contribution is -2.51. The number of hydrogen-bond donors (Lipinski definition) is 3. The number of hydrogen-bond acceptors (Lipinski definition) is 9. The topological polar surface area (TPSA) is 140 Å². The van der Waals surface area contributed by atoms with E-state index in [1.54, 1.807) is 30.6 Å². The lowest BCUT2D eigenvalue weighted by molar-refractivity contribution is 0.0723. The number of aliphatic hydroxyl groups excluding tert-OH is 2. The molecule has 0 aromatic carbocycles. The minimum Gasteiger partial charge on any atom is -0.488 e. The fraction of sp³-hybridized carbons (Fsp3) is 0.286. The van der Waals surface area contributed by atoms with Gasteiger partial charge in [-0.25, -0.2) is 15.0 Å². The SMILES string of the molecule is CCOc1cccnc1Oc1cncc(-c2ncc(C(=O)NC(C)(CO)CO)cn2)c1. The molecule has 3 heterocycles. The number of amides is 1. The third kappa shape index (κ3) is 5.50. The number of ether oxygens (including phenoxy) is 2. The number of pyridine rings is 2. The molecule has 3 N–H and O–H groups in total. The summed E-state index contributed by atoms with van der Waals surface area (Å²) >= 11 is 0. The quantitative estimate of drug-likeness (QED) is 0.466. The average Bonchev–Trinajstić information content (AvgIpc) is 2.80. The second-order valence-corrected chi connectivity index (χ2v) is 6.88. The van der Waals surface area contributed by atoms with E-state index in [2.05, 4.69) is 25.3 Å². The fourth-order valence-electron chi connectivity index (χ4n) is 2.50. The van der Waals surface area contributed by atoms with Gasteiger partial charge in [-0.3, -0.25) is 9.78 Å². The molecule has 0 saturated heterocycles. The van der Waals surface area contributed by atoms with Crippen molar-refractivity contribution in [2.45, 2.75) is 19.4 Å². The Morgan fingerprint density at radius 3 is 2.55 bits per heavy atom. The van der Waals surface area contributed by atoms with Crippen LogP contribution in [0.25, 0.3) is 11.4 Å². The first-order valence-electron chi connectivity index (χ1n) is 9.55. The second-order valence-electron chi connectivity index (χ2n) is 6.88. The Bertz CT molecular complexity index is 1020. The van der Waals surface area contributed by atoms with Gasteiger partial charge in [0, 0.05) is 30.4 Å². The van der Waals surface area contributed by atoms with E-state index in [1.807, 2.05) is 6.92 Å². The van der Waals surface area contributed by atoms with E-state index in [1.165, 1.54) is 25.5 Å². The molecule has 0 spiro atoms. The Labute approximate surface area is 179 Å². The van der Waals surface area contributed by atoms with Gasteiger partial charge in [0.05, 0.1) is 37.1 Å². The summed E-state index contributed by atoms with van der Waals surface area (Å²) in [6.07, 6.45) is 7.40. The first-order chi connectivity index (χ1) is 15.0. The molecule has 0 atom stereocenters. The molecule has 0 aliphatic rings. The van der Waals surface area contributed by atoms with Gasteiger partial charge in [0.1, 0.15) is 5.75 Å². The Morgan fingerprint density at radius 1 is 1.13 bits per heavy atom. The van der Waals surface area contributed by atoms with Gasteiger partial charge in [-0.15, -0.1) is 0 Å². The third-order valence-electron chi connectivity index (χ3n) is 4.25. The van der Waals surface area contributed by atoms with Crippen molar-refractivity contribution < 1.29 is 24.5 Å². The molecule has 0 aliphatic heterocycles. The summed E-state index contributed by atoms with van der Waals surface area (Å²) in [6.45, 7) is 3.05. The first kappa shape index (κ1) is 22.1. The number of carbonyl (C=O) groups excluding carboxylic acids is 1. The third-order valence-corrected chi connectivity index (χ3v) is 4.25. The average molecular weight is 425 g/mol. The number of nitrogens with zero attached hydrogens (tertiary/aromatic N) is 4. The van der Waals surface area contributed by atoms with Crippen LogP contribution in [-0.4, -0.2) is 61.4 Å². The molecule has 3 aromatic rings. The van der Waals surface area contributed by atoms with Crippen LogP contribution in [0.3, 0.4) is 0 Å². The summed E-state index contributed by atoms with van der Waals surface area (Å²) in [5.41, 5.74) is -0.377. The van der Waals surface area contributed by atoms with Crippen LogP contribution < -0.4 is 14.8 Å². The van der Waals surface area contributed by atoms with Crippen molar-refractivity contribution in [3.8, 4) is 28.8 Å². The van der Waals surface area contributed by atoms with Gasteiger partial charge in [-0.05, 0) is 32.0 Å². The van der Waals surface area contributed by atoms with E-state index >= 15 is 0 Å². The van der Waals surface area contributed by atoms with Crippen molar-refractivity contribution >= 4 is 5.91 Å². The van der Waals surface area contributed by atoms with E-state index in [9.17, 15) is 15.0 Å². The fourth-order valence-corrected chi connectivity index (χ4v) is 2.50. The summed E-state index contributed by atoms with van der Waals surface area (Å²) in [5, 5.41) is 21.2. The standard InChI is InChI=1S/C21H23N5O5/c1-3-30-17-5-4-6-23-20(17)31-16-7-14(8-22-11-16)18-24-9-15(10-25-18)19(29)26-21(2,12-27)13-28/h4-11,27-28H,3,12-13H2,1-2H3,(H,26,29). The van der Waals surface area contributed by atoms with Crippen molar-refractivity contribution in [2.24, 2.45) is 0 Å². The molecule has 3 rings (SSSR count). The zero-order valence-electron chi connectivity index (χ0n) is 17.1. The van der Waals surface area contributed by atoms with Crippen LogP contribution in [0.5, 0.6) is 17.4 Å². The van der Waals surface area contributed by atoms with E-state index in [4.69, 9.17) is 9.47 Å². The van der Waals surface area contributed by atoms with Crippen LogP contribution in [0.15, 0.2) is 49.2 Å².